The van der Waals surface area contributed by atoms with Crippen molar-refractivity contribution >= 4 is 6.09 Å². The summed E-state index contributed by atoms with van der Waals surface area (Å²) in [5, 5.41) is 7.12. The summed E-state index contributed by atoms with van der Waals surface area (Å²) < 4.78 is 7.15. The highest BCUT2D eigenvalue weighted by molar-refractivity contribution is 5.68. The van der Waals surface area contributed by atoms with Crippen LogP contribution in [0.2, 0.25) is 0 Å². The second-order valence-electron chi connectivity index (χ2n) is 6.79. The molecule has 23 heavy (non-hydrogen) atoms. The van der Waals surface area contributed by atoms with Gasteiger partial charge in [0.25, 0.3) is 0 Å². The smallest absolute Gasteiger partial charge is 0.408 e. The van der Waals surface area contributed by atoms with Crippen molar-refractivity contribution in [3.05, 3.63) is 41.6 Å². The highest BCUT2D eigenvalue weighted by Gasteiger charge is 2.18. The standard InChI is InChI=1S/C18H25N3O2/c1-12-11-19-21(6)16(12)15-9-7-14(8-10-15)13(2)20-17(22)23-18(3,4)5/h7-11,13H,1-6H3,(H,20,22). The van der Waals surface area contributed by atoms with E-state index in [0.717, 1.165) is 22.4 Å². The quantitative estimate of drug-likeness (QED) is 0.932. The average molecular weight is 315 g/mol. The molecule has 2 aromatic rings. The maximum Gasteiger partial charge on any atom is 0.408 e. The third-order valence-corrected chi connectivity index (χ3v) is 3.54. The van der Waals surface area contributed by atoms with E-state index in [1.807, 2.05) is 76.8 Å². The van der Waals surface area contributed by atoms with Crippen LogP contribution < -0.4 is 5.32 Å². The number of amides is 1. The number of hydrogen-bond acceptors (Lipinski definition) is 3. The first-order valence-corrected chi connectivity index (χ1v) is 7.76. The van der Waals surface area contributed by atoms with E-state index in [1.54, 1.807) is 0 Å². The fourth-order valence-corrected chi connectivity index (χ4v) is 2.46. The summed E-state index contributed by atoms with van der Waals surface area (Å²) in [6, 6.07) is 8.01. The Balaban J connectivity index is 2.09. The van der Waals surface area contributed by atoms with Gasteiger partial charge in [0.05, 0.1) is 17.9 Å². The number of aromatic nitrogens is 2. The Morgan fingerprint density at radius 2 is 1.87 bits per heavy atom. The number of ether oxygens (including phenoxy) is 1. The maximum atomic E-state index is 11.8. The minimum atomic E-state index is -0.495. The summed E-state index contributed by atoms with van der Waals surface area (Å²) in [5.74, 6) is 0. The van der Waals surface area contributed by atoms with Crippen molar-refractivity contribution in [1.29, 1.82) is 0 Å². The van der Waals surface area contributed by atoms with Gasteiger partial charge in [-0.15, -0.1) is 0 Å². The van der Waals surface area contributed by atoms with Crippen LogP contribution in [0.15, 0.2) is 30.5 Å². The number of nitrogens with zero attached hydrogens (tertiary/aromatic N) is 2. The molecule has 1 aromatic heterocycles. The molecule has 0 saturated heterocycles. The first kappa shape index (κ1) is 17.1. The van der Waals surface area contributed by atoms with Gasteiger partial charge in [-0.1, -0.05) is 24.3 Å². The van der Waals surface area contributed by atoms with Gasteiger partial charge in [0.15, 0.2) is 0 Å². The van der Waals surface area contributed by atoms with E-state index in [9.17, 15) is 4.79 Å². The average Bonchev–Trinajstić information content (AvgIpc) is 2.76. The van der Waals surface area contributed by atoms with Crippen molar-refractivity contribution in [3.63, 3.8) is 0 Å². The zero-order valence-corrected chi connectivity index (χ0v) is 14.7. The van der Waals surface area contributed by atoms with Crippen LogP contribution in [0, 0.1) is 6.92 Å². The molecule has 0 spiro atoms. The van der Waals surface area contributed by atoms with Crippen LogP contribution in [-0.4, -0.2) is 21.5 Å². The van der Waals surface area contributed by atoms with Crippen LogP contribution in [0.5, 0.6) is 0 Å². The predicted molar refractivity (Wildman–Crippen MR) is 91.2 cm³/mol. The summed E-state index contributed by atoms with van der Waals surface area (Å²) >= 11 is 0. The Kier molecular flexibility index (Phi) is 4.78. The molecule has 0 aliphatic rings. The Bertz CT molecular complexity index is 662. The van der Waals surface area contributed by atoms with Crippen molar-refractivity contribution in [2.75, 3.05) is 0 Å². The first-order valence-electron chi connectivity index (χ1n) is 7.76. The lowest BCUT2D eigenvalue weighted by atomic mass is 10.0. The van der Waals surface area contributed by atoms with Crippen molar-refractivity contribution in [3.8, 4) is 11.3 Å². The van der Waals surface area contributed by atoms with Crippen molar-refractivity contribution < 1.29 is 9.53 Å². The zero-order chi connectivity index (χ0) is 17.2. The highest BCUT2D eigenvalue weighted by atomic mass is 16.6. The summed E-state index contributed by atoms with van der Waals surface area (Å²) in [7, 11) is 1.93. The second-order valence-corrected chi connectivity index (χ2v) is 6.79. The van der Waals surface area contributed by atoms with E-state index in [4.69, 9.17) is 4.74 Å². The topological polar surface area (TPSA) is 56.2 Å². The van der Waals surface area contributed by atoms with Gasteiger partial charge in [0, 0.05) is 12.6 Å². The van der Waals surface area contributed by atoms with Gasteiger partial charge >= 0.3 is 6.09 Å². The van der Waals surface area contributed by atoms with Gasteiger partial charge < -0.3 is 10.1 Å². The molecular formula is C18H25N3O2. The first-order chi connectivity index (χ1) is 10.7. The number of nitrogens with one attached hydrogen (secondary N) is 1. The highest BCUT2D eigenvalue weighted by Crippen LogP contribution is 2.24. The fourth-order valence-electron chi connectivity index (χ4n) is 2.46. The van der Waals surface area contributed by atoms with Crippen molar-refractivity contribution in [2.45, 2.75) is 46.3 Å². The minimum absolute atomic E-state index is 0.119. The van der Waals surface area contributed by atoms with Crippen molar-refractivity contribution in [2.24, 2.45) is 7.05 Å². The lowest BCUT2D eigenvalue weighted by Crippen LogP contribution is -2.34. The van der Waals surface area contributed by atoms with Gasteiger partial charge in [0.2, 0.25) is 0 Å². The lowest BCUT2D eigenvalue weighted by molar-refractivity contribution is 0.0508. The van der Waals surface area contributed by atoms with E-state index in [1.165, 1.54) is 0 Å². The van der Waals surface area contributed by atoms with Gasteiger partial charge in [-0.05, 0) is 45.7 Å². The van der Waals surface area contributed by atoms with Crippen molar-refractivity contribution in [1.82, 2.24) is 15.1 Å². The van der Waals surface area contributed by atoms with Crippen LogP contribution in [0.4, 0.5) is 4.79 Å². The normalized spacial score (nSPS) is 12.8. The lowest BCUT2D eigenvalue weighted by Gasteiger charge is -2.22. The molecule has 1 atom stereocenters. The molecule has 1 aromatic carbocycles. The zero-order valence-electron chi connectivity index (χ0n) is 14.7. The van der Waals surface area contributed by atoms with Crippen LogP contribution >= 0.6 is 0 Å². The van der Waals surface area contributed by atoms with Crippen LogP contribution in [0.25, 0.3) is 11.3 Å². The number of carbonyl (C=O) groups excluding carboxylic acids is 1. The maximum absolute atomic E-state index is 11.8. The second kappa shape index (κ2) is 6.44. The molecule has 5 nitrogen and oxygen atoms in total. The molecule has 1 N–H and O–H groups in total. The summed E-state index contributed by atoms with van der Waals surface area (Å²) in [4.78, 5) is 11.8. The van der Waals surface area contributed by atoms with Gasteiger partial charge in [-0.3, -0.25) is 4.68 Å². The predicted octanol–water partition coefficient (Wildman–Crippen LogP) is 3.98. The Morgan fingerprint density at radius 1 is 1.26 bits per heavy atom. The van der Waals surface area contributed by atoms with E-state index in [-0.39, 0.29) is 6.04 Å². The van der Waals surface area contributed by atoms with E-state index in [0.29, 0.717) is 0 Å². The van der Waals surface area contributed by atoms with Gasteiger partial charge in [-0.25, -0.2) is 4.79 Å². The van der Waals surface area contributed by atoms with E-state index < -0.39 is 11.7 Å². The van der Waals surface area contributed by atoms with Gasteiger partial charge in [-0.2, -0.15) is 5.10 Å². The van der Waals surface area contributed by atoms with Crippen LogP contribution in [0.1, 0.15) is 44.9 Å². The monoisotopic (exact) mass is 315 g/mol. The van der Waals surface area contributed by atoms with Crippen LogP contribution in [0.3, 0.4) is 0 Å². The largest absolute Gasteiger partial charge is 0.444 e. The number of rotatable bonds is 3. The number of alkyl carbamates (subject to hydrolysis) is 1. The number of aryl methyl sites for hydroxylation is 2. The minimum Gasteiger partial charge on any atom is -0.444 e. The molecular weight excluding hydrogens is 290 g/mol. The molecule has 124 valence electrons. The molecule has 0 radical (unpaired) electrons. The molecule has 0 aliphatic carbocycles. The third-order valence-electron chi connectivity index (χ3n) is 3.54. The third kappa shape index (κ3) is 4.34. The van der Waals surface area contributed by atoms with Gasteiger partial charge in [0.1, 0.15) is 5.60 Å². The molecule has 1 unspecified atom stereocenters. The molecule has 1 heterocycles. The SMILES string of the molecule is Cc1cnn(C)c1-c1ccc(C(C)NC(=O)OC(C)(C)C)cc1. The number of benzene rings is 1. The van der Waals surface area contributed by atoms with Crippen LogP contribution in [-0.2, 0) is 11.8 Å². The molecule has 0 fully saturated rings. The Hall–Kier alpha value is -2.30. The number of carbonyl (C=O) groups is 1. The molecule has 2 rings (SSSR count). The molecule has 1 amide bonds. The van der Waals surface area contributed by atoms with E-state index in [2.05, 4.69) is 10.4 Å². The molecule has 0 aliphatic heterocycles. The number of hydrogen-bond donors (Lipinski definition) is 1. The summed E-state index contributed by atoms with van der Waals surface area (Å²) in [6.07, 6.45) is 1.45. The van der Waals surface area contributed by atoms with E-state index >= 15 is 0 Å². The summed E-state index contributed by atoms with van der Waals surface area (Å²) in [5.41, 5.74) is 3.88. The molecule has 0 bridgehead atoms. The Labute approximate surface area is 137 Å². The molecule has 0 saturated carbocycles. The fraction of sp³-hybridized carbons (Fsp3) is 0.444. The Morgan fingerprint density at radius 3 is 2.35 bits per heavy atom. The summed E-state index contributed by atoms with van der Waals surface area (Å²) in [6.45, 7) is 9.53. The molecule has 5 heteroatoms.